The van der Waals surface area contributed by atoms with Crippen LogP contribution in [0.3, 0.4) is 0 Å². The first-order valence-electron chi connectivity index (χ1n) is 5.43. The van der Waals surface area contributed by atoms with E-state index in [0.29, 0.717) is 6.61 Å². The number of nitrogens with zero attached hydrogens (tertiary/aromatic N) is 1. The molecule has 1 aromatic carbocycles. The third-order valence-electron chi connectivity index (χ3n) is 2.08. The van der Waals surface area contributed by atoms with Crippen LogP contribution in [0.25, 0.3) is 0 Å². The Bertz CT molecular complexity index is 307. The van der Waals surface area contributed by atoms with E-state index in [9.17, 15) is 0 Å². The van der Waals surface area contributed by atoms with E-state index in [4.69, 9.17) is 4.84 Å². The fraction of sp³-hybridized carbons (Fsp3) is 0.462. The molecule has 0 aliphatic carbocycles. The van der Waals surface area contributed by atoms with Crippen molar-refractivity contribution in [3.05, 3.63) is 35.4 Å². The lowest BCUT2D eigenvalue weighted by Crippen LogP contribution is -1.88. The predicted octanol–water partition coefficient (Wildman–Crippen LogP) is 3.56. The maximum absolute atomic E-state index is 5.14. The van der Waals surface area contributed by atoms with Gasteiger partial charge in [0.05, 0.1) is 0 Å². The van der Waals surface area contributed by atoms with E-state index in [1.807, 2.05) is 12.1 Å². The highest BCUT2D eigenvalue weighted by molar-refractivity contribution is 5.56. The van der Waals surface area contributed by atoms with Crippen LogP contribution >= 0.6 is 0 Å². The number of unbranched alkanes of at least 4 members (excludes halogenated alkanes) is 2. The van der Waals surface area contributed by atoms with Gasteiger partial charge >= 0.3 is 0 Å². The molecule has 0 bridgehead atoms. The summed E-state index contributed by atoms with van der Waals surface area (Å²) in [5, 5.41) is 3.78. The van der Waals surface area contributed by atoms with Crippen LogP contribution in [0.2, 0.25) is 0 Å². The minimum atomic E-state index is 0.529. The smallest absolute Gasteiger partial charge is 0.142 e. The summed E-state index contributed by atoms with van der Waals surface area (Å²) in [6, 6.07) is 8.23. The van der Waals surface area contributed by atoms with Crippen molar-refractivity contribution in [1.29, 1.82) is 0 Å². The van der Waals surface area contributed by atoms with Crippen LogP contribution < -0.4 is 0 Å². The van der Waals surface area contributed by atoms with Crippen molar-refractivity contribution in [2.45, 2.75) is 39.7 Å². The first-order valence-corrected chi connectivity index (χ1v) is 5.43. The molecule has 0 amide bonds. The maximum Gasteiger partial charge on any atom is 0.142 e. The molecule has 1 radical (unpaired) electrons. The van der Waals surface area contributed by atoms with Crippen LogP contribution in [0, 0.1) is 6.92 Å². The van der Waals surface area contributed by atoms with E-state index in [1.165, 1.54) is 12.0 Å². The Morgan fingerprint density at radius 3 is 3.00 bits per heavy atom. The van der Waals surface area contributed by atoms with E-state index in [1.54, 1.807) is 0 Å². The summed E-state index contributed by atoms with van der Waals surface area (Å²) in [5.41, 5.74) is 2.39. The van der Waals surface area contributed by atoms with Gasteiger partial charge in [0.1, 0.15) is 12.8 Å². The van der Waals surface area contributed by atoms with Gasteiger partial charge < -0.3 is 4.84 Å². The summed E-state index contributed by atoms with van der Waals surface area (Å²) >= 11 is 0. The Kier molecular flexibility index (Phi) is 5.52. The first kappa shape index (κ1) is 11.8. The zero-order valence-electron chi connectivity index (χ0n) is 9.49. The molecule has 0 heterocycles. The maximum atomic E-state index is 5.14. The molecule has 0 aliphatic heterocycles. The van der Waals surface area contributed by atoms with Gasteiger partial charge in [0.2, 0.25) is 0 Å². The van der Waals surface area contributed by atoms with Crippen molar-refractivity contribution >= 4 is 6.21 Å². The normalized spacial score (nSPS) is 10.8. The van der Waals surface area contributed by atoms with Crippen LogP contribution in [0.1, 0.15) is 37.3 Å². The largest absolute Gasteiger partial charge is 0.391 e. The molecule has 0 saturated heterocycles. The number of benzene rings is 1. The molecular formula is C13H18NO. The second-order valence-corrected chi connectivity index (χ2v) is 3.62. The Morgan fingerprint density at radius 2 is 2.27 bits per heavy atom. The van der Waals surface area contributed by atoms with E-state index < -0.39 is 0 Å². The third-order valence-corrected chi connectivity index (χ3v) is 2.08. The summed E-state index contributed by atoms with van der Waals surface area (Å²) in [4.78, 5) is 5.14. The van der Waals surface area contributed by atoms with Gasteiger partial charge in [0, 0.05) is 0 Å². The molecule has 1 rings (SSSR count). The number of hydrogen-bond donors (Lipinski definition) is 0. The van der Waals surface area contributed by atoms with Crippen LogP contribution in [0.4, 0.5) is 0 Å². The minimum absolute atomic E-state index is 0.529. The van der Waals surface area contributed by atoms with Gasteiger partial charge in [-0.05, 0) is 25.3 Å². The van der Waals surface area contributed by atoms with Gasteiger partial charge in [-0.1, -0.05) is 48.3 Å². The van der Waals surface area contributed by atoms with Gasteiger partial charge in [-0.25, -0.2) is 0 Å². The second-order valence-electron chi connectivity index (χ2n) is 3.62. The number of rotatable bonds is 6. The zero-order valence-corrected chi connectivity index (χ0v) is 9.49. The highest BCUT2D eigenvalue weighted by Gasteiger charge is 1.92. The summed E-state index contributed by atoms with van der Waals surface area (Å²) in [6.45, 7) is 4.75. The van der Waals surface area contributed by atoms with E-state index in [2.05, 4.69) is 37.4 Å². The molecule has 0 spiro atoms. The zero-order chi connectivity index (χ0) is 10.9. The fourth-order valence-electron chi connectivity index (χ4n) is 1.26. The average molecular weight is 204 g/mol. The molecule has 0 unspecified atom stereocenters. The number of hydrogen-bond acceptors (Lipinski definition) is 2. The Morgan fingerprint density at radius 1 is 1.40 bits per heavy atom. The van der Waals surface area contributed by atoms with Gasteiger partial charge in [-0.15, -0.1) is 0 Å². The molecule has 1 aromatic rings. The summed E-state index contributed by atoms with van der Waals surface area (Å²) < 4.78 is 0. The summed E-state index contributed by atoms with van der Waals surface area (Å²) in [5.74, 6) is 0. The molecule has 0 aromatic heterocycles. The lowest BCUT2D eigenvalue weighted by atomic mass is 10.1. The summed E-state index contributed by atoms with van der Waals surface area (Å²) in [6.07, 6.45) is 6.04. The lowest BCUT2D eigenvalue weighted by Gasteiger charge is -2.00. The SMILES string of the molecule is CCCC/[C]=N/OCc1cccc(C)c1. The van der Waals surface area contributed by atoms with Crippen LogP contribution in [0.15, 0.2) is 29.4 Å². The van der Waals surface area contributed by atoms with E-state index in [0.717, 1.165) is 18.4 Å². The first-order chi connectivity index (χ1) is 7.33. The third kappa shape index (κ3) is 5.21. The topological polar surface area (TPSA) is 21.6 Å². The molecule has 2 nitrogen and oxygen atoms in total. The molecule has 15 heavy (non-hydrogen) atoms. The average Bonchev–Trinajstić information content (AvgIpc) is 2.23. The molecule has 0 N–H and O–H groups in total. The Hall–Kier alpha value is -1.31. The van der Waals surface area contributed by atoms with Gasteiger partial charge in [0.15, 0.2) is 0 Å². The molecule has 0 aliphatic rings. The van der Waals surface area contributed by atoms with Gasteiger partial charge in [-0.3, -0.25) is 0 Å². The summed E-state index contributed by atoms with van der Waals surface area (Å²) in [7, 11) is 0. The number of aryl methyl sites for hydroxylation is 1. The second kappa shape index (κ2) is 7.04. The Labute approximate surface area is 91.9 Å². The predicted molar refractivity (Wildman–Crippen MR) is 62.9 cm³/mol. The van der Waals surface area contributed by atoms with E-state index in [-0.39, 0.29) is 0 Å². The van der Waals surface area contributed by atoms with Crippen molar-refractivity contribution in [3.8, 4) is 0 Å². The molecule has 0 saturated carbocycles. The fourth-order valence-corrected chi connectivity index (χ4v) is 1.26. The highest BCUT2D eigenvalue weighted by atomic mass is 16.6. The van der Waals surface area contributed by atoms with Crippen molar-refractivity contribution in [2.75, 3.05) is 0 Å². The van der Waals surface area contributed by atoms with Crippen molar-refractivity contribution in [2.24, 2.45) is 5.16 Å². The molecule has 0 fully saturated rings. The monoisotopic (exact) mass is 204 g/mol. The Balaban J connectivity index is 2.22. The molecule has 2 heteroatoms. The standard InChI is InChI=1S/C13H18NO/c1-3-4-5-9-14-15-11-13-8-6-7-12(2)10-13/h6-8,10H,3-5,11H2,1-2H3. The van der Waals surface area contributed by atoms with Crippen LogP contribution in [0.5, 0.6) is 0 Å². The molecule has 0 atom stereocenters. The van der Waals surface area contributed by atoms with Gasteiger partial charge in [0.25, 0.3) is 0 Å². The van der Waals surface area contributed by atoms with Crippen molar-refractivity contribution in [1.82, 2.24) is 0 Å². The molecular weight excluding hydrogens is 186 g/mol. The van der Waals surface area contributed by atoms with Crippen molar-refractivity contribution < 1.29 is 4.84 Å². The molecule has 81 valence electrons. The quantitative estimate of drug-likeness (QED) is 0.394. The van der Waals surface area contributed by atoms with Crippen LogP contribution in [-0.4, -0.2) is 6.21 Å². The van der Waals surface area contributed by atoms with E-state index >= 15 is 0 Å². The minimum Gasteiger partial charge on any atom is -0.391 e. The highest BCUT2D eigenvalue weighted by Crippen LogP contribution is 2.05. The lowest BCUT2D eigenvalue weighted by molar-refractivity contribution is 0.131. The van der Waals surface area contributed by atoms with Crippen LogP contribution in [-0.2, 0) is 11.4 Å². The van der Waals surface area contributed by atoms with Crippen molar-refractivity contribution in [3.63, 3.8) is 0 Å². The van der Waals surface area contributed by atoms with Gasteiger partial charge in [-0.2, -0.15) is 0 Å².